The summed E-state index contributed by atoms with van der Waals surface area (Å²) in [6, 6.07) is 0. The van der Waals surface area contributed by atoms with Crippen LogP contribution < -0.4 is 0 Å². The molecule has 3 nitrogen and oxygen atoms in total. The van der Waals surface area contributed by atoms with Crippen LogP contribution in [-0.2, 0) is 13.8 Å². The molecule has 0 saturated carbocycles. The summed E-state index contributed by atoms with van der Waals surface area (Å²) in [6.07, 6.45) is 0.773. The van der Waals surface area contributed by atoms with Crippen molar-refractivity contribution in [2.24, 2.45) is 0 Å². The maximum atomic E-state index is 11.4. The second kappa shape index (κ2) is 7.33. The highest BCUT2D eigenvalue weighted by molar-refractivity contribution is 7.86. The number of rotatable bonds is 7. The summed E-state index contributed by atoms with van der Waals surface area (Å²) in [7, 11) is 0. The molecule has 0 aromatic heterocycles. The van der Waals surface area contributed by atoms with Gasteiger partial charge in [0.15, 0.2) is 0 Å². The number of halogens is 3. The first-order valence-corrected chi connectivity index (χ1v) is 7.37. The largest absolute Gasteiger partial charge is 0.352 e. The molecule has 0 radical (unpaired) electrons. The molecule has 2 atom stereocenters. The van der Waals surface area contributed by atoms with Crippen molar-refractivity contribution >= 4 is 41.2 Å². The molecule has 0 bridgehead atoms. The first-order valence-electron chi connectivity index (χ1n) is 3.80. The van der Waals surface area contributed by atoms with Gasteiger partial charge in [0.05, 0.1) is 6.61 Å². The van der Waals surface area contributed by atoms with Gasteiger partial charge in [-0.2, -0.15) is 0 Å². The van der Waals surface area contributed by atoms with E-state index in [1.54, 1.807) is 0 Å². The van der Waals surface area contributed by atoms with E-state index in [0.29, 0.717) is 6.61 Å². The molecule has 0 aliphatic rings. The van der Waals surface area contributed by atoms with Crippen molar-refractivity contribution in [3.05, 3.63) is 0 Å². The van der Waals surface area contributed by atoms with Gasteiger partial charge < -0.3 is 9.26 Å². The molecule has 0 saturated heterocycles. The van der Waals surface area contributed by atoms with E-state index in [1.807, 2.05) is 6.92 Å². The Hall–Kier alpha value is 1.02. The number of alkyl halides is 2. The van der Waals surface area contributed by atoms with Gasteiger partial charge in [0.1, 0.15) is 0 Å². The first kappa shape index (κ1) is 14.0. The standard InChI is InChI=1S/C6H12Cl3O3P/c1-2-4-11-6(8)13(9,10)12-5-3-7/h6H,2-5H2,1H3. The molecule has 2 unspecified atom stereocenters. The SMILES string of the molecule is CCCOC(Cl)P(=O)(Cl)OCCCl. The molecule has 0 rings (SSSR count). The van der Waals surface area contributed by atoms with Gasteiger partial charge in [-0.15, -0.1) is 11.6 Å². The van der Waals surface area contributed by atoms with E-state index in [2.05, 4.69) is 0 Å². The maximum absolute atomic E-state index is 11.4. The predicted molar refractivity (Wildman–Crippen MR) is 56.0 cm³/mol. The fourth-order valence-electron chi connectivity index (χ4n) is 0.522. The van der Waals surface area contributed by atoms with E-state index >= 15 is 0 Å². The van der Waals surface area contributed by atoms with Crippen molar-refractivity contribution in [2.45, 2.75) is 18.6 Å². The molecule has 7 heteroatoms. The average molecular weight is 269 g/mol. The highest BCUT2D eigenvalue weighted by Gasteiger charge is 2.31. The Labute approximate surface area is 92.9 Å². The molecule has 0 N–H and O–H groups in total. The molecule has 0 aliphatic carbocycles. The summed E-state index contributed by atoms with van der Waals surface area (Å²) in [5, 5.41) is -1.10. The van der Waals surface area contributed by atoms with Gasteiger partial charge in [0, 0.05) is 12.5 Å². The van der Waals surface area contributed by atoms with Crippen LogP contribution in [0.15, 0.2) is 0 Å². The number of hydrogen-bond acceptors (Lipinski definition) is 3. The van der Waals surface area contributed by atoms with Crippen LogP contribution in [0.2, 0.25) is 0 Å². The molecule has 0 aliphatic heterocycles. The van der Waals surface area contributed by atoms with Crippen molar-refractivity contribution < 1.29 is 13.8 Å². The smallest absolute Gasteiger partial charge is 0.333 e. The average Bonchev–Trinajstić information content (AvgIpc) is 2.10. The Balaban J connectivity index is 3.88. The van der Waals surface area contributed by atoms with Crippen LogP contribution in [-0.4, -0.2) is 24.4 Å². The van der Waals surface area contributed by atoms with Crippen LogP contribution in [0.25, 0.3) is 0 Å². The minimum Gasteiger partial charge on any atom is -0.352 e. The lowest BCUT2D eigenvalue weighted by atomic mass is 10.5. The van der Waals surface area contributed by atoms with Crippen molar-refractivity contribution in [3.63, 3.8) is 0 Å². The van der Waals surface area contributed by atoms with Crippen LogP contribution in [0, 0.1) is 0 Å². The topological polar surface area (TPSA) is 35.5 Å². The van der Waals surface area contributed by atoms with Gasteiger partial charge in [0.25, 0.3) is 0 Å². The van der Waals surface area contributed by atoms with E-state index in [0.717, 1.165) is 6.42 Å². The normalized spacial score (nSPS) is 18.2. The Bertz CT molecular complexity index is 179. The van der Waals surface area contributed by atoms with Gasteiger partial charge in [-0.05, 0) is 17.7 Å². The molecule has 0 amide bonds. The van der Waals surface area contributed by atoms with Crippen molar-refractivity contribution in [2.75, 3.05) is 19.1 Å². The summed E-state index contributed by atoms with van der Waals surface area (Å²) in [5.74, 6) is 0.216. The zero-order chi connectivity index (χ0) is 10.3. The number of hydrogen-bond donors (Lipinski definition) is 0. The molecular formula is C6H12Cl3O3P. The van der Waals surface area contributed by atoms with Gasteiger partial charge in [-0.3, -0.25) is 4.57 Å². The van der Waals surface area contributed by atoms with E-state index in [-0.39, 0.29) is 12.5 Å². The Morgan fingerprint density at radius 2 is 2.08 bits per heavy atom. The van der Waals surface area contributed by atoms with E-state index in [4.69, 9.17) is 43.7 Å². The lowest BCUT2D eigenvalue weighted by Crippen LogP contribution is -2.07. The second-order valence-corrected chi connectivity index (χ2v) is 6.47. The lowest BCUT2D eigenvalue weighted by molar-refractivity contribution is 0.141. The maximum Gasteiger partial charge on any atom is 0.333 e. The summed E-state index contributed by atoms with van der Waals surface area (Å²) >= 11 is 16.4. The van der Waals surface area contributed by atoms with Crippen LogP contribution in [0.5, 0.6) is 0 Å². The van der Waals surface area contributed by atoms with E-state index in [9.17, 15) is 4.57 Å². The molecule has 13 heavy (non-hydrogen) atoms. The zero-order valence-electron chi connectivity index (χ0n) is 7.21. The Morgan fingerprint density at radius 3 is 2.54 bits per heavy atom. The van der Waals surface area contributed by atoms with Gasteiger partial charge >= 0.3 is 6.72 Å². The third-order valence-electron chi connectivity index (χ3n) is 1.05. The van der Waals surface area contributed by atoms with Crippen molar-refractivity contribution in [1.82, 2.24) is 0 Å². The van der Waals surface area contributed by atoms with Crippen LogP contribution in [0.4, 0.5) is 0 Å². The minimum atomic E-state index is -3.40. The molecular weight excluding hydrogens is 257 g/mol. The van der Waals surface area contributed by atoms with E-state index in [1.165, 1.54) is 0 Å². The third-order valence-corrected chi connectivity index (χ3v) is 4.39. The zero-order valence-corrected chi connectivity index (χ0v) is 10.4. The summed E-state index contributed by atoms with van der Waals surface area (Å²) < 4.78 is 21.1. The van der Waals surface area contributed by atoms with Gasteiger partial charge in [0.2, 0.25) is 5.30 Å². The van der Waals surface area contributed by atoms with Gasteiger partial charge in [-0.25, -0.2) is 0 Å². The third kappa shape index (κ3) is 6.16. The molecule has 0 aromatic rings. The minimum absolute atomic E-state index is 0.0983. The van der Waals surface area contributed by atoms with Gasteiger partial charge in [-0.1, -0.05) is 18.5 Å². The number of ether oxygens (including phenoxy) is 1. The highest BCUT2D eigenvalue weighted by Crippen LogP contribution is 2.58. The Morgan fingerprint density at radius 1 is 1.46 bits per heavy atom. The van der Waals surface area contributed by atoms with E-state index < -0.39 is 12.0 Å². The molecule has 0 fully saturated rings. The fraction of sp³-hybridized carbons (Fsp3) is 1.00. The fourth-order valence-corrected chi connectivity index (χ4v) is 2.08. The first-order chi connectivity index (χ1) is 6.04. The Kier molecular flexibility index (Phi) is 7.90. The molecule has 80 valence electrons. The summed E-state index contributed by atoms with van der Waals surface area (Å²) in [5.41, 5.74) is 0. The van der Waals surface area contributed by atoms with Crippen LogP contribution >= 0.6 is 41.2 Å². The summed E-state index contributed by atoms with van der Waals surface area (Å²) in [6.45, 7) is -0.997. The summed E-state index contributed by atoms with van der Waals surface area (Å²) in [4.78, 5) is 0. The predicted octanol–water partition coefficient (Wildman–Crippen LogP) is 3.62. The molecule has 0 spiro atoms. The second-order valence-electron chi connectivity index (χ2n) is 2.21. The van der Waals surface area contributed by atoms with Crippen LogP contribution in [0.3, 0.4) is 0 Å². The van der Waals surface area contributed by atoms with Crippen molar-refractivity contribution in [1.29, 1.82) is 0 Å². The monoisotopic (exact) mass is 268 g/mol. The van der Waals surface area contributed by atoms with Crippen LogP contribution in [0.1, 0.15) is 13.3 Å². The highest BCUT2D eigenvalue weighted by atomic mass is 35.7. The molecule has 0 heterocycles. The van der Waals surface area contributed by atoms with Crippen molar-refractivity contribution in [3.8, 4) is 0 Å². The quantitative estimate of drug-likeness (QED) is 0.523. The lowest BCUT2D eigenvalue weighted by Gasteiger charge is -2.16. The molecule has 0 aromatic carbocycles.